The summed E-state index contributed by atoms with van der Waals surface area (Å²) in [5, 5.41) is 13.4. The molecule has 2 aliphatic rings. The van der Waals surface area contributed by atoms with Crippen LogP contribution in [-0.4, -0.2) is 62.6 Å². The van der Waals surface area contributed by atoms with Crippen LogP contribution in [-0.2, 0) is 14.3 Å². The van der Waals surface area contributed by atoms with Gasteiger partial charge in [0, 0.05) is 11.1 Å². The fourth-order valence-electron chi connectivity index (χ4n) is 4.32. The number of ether oxygens (including phenoxy) is 2. The first-order chi connectivity index (χ1) is 16.5. The number of quaternary nitrogens is 1. The first-order valence-electron chi connectivity index (χ1n) is 11.3. The molecule has 2 fully saturated rings. The maximum atomic E-state index is 14.9. The third-order valence-electron chi connectivity index (χ3n) is 6.12. The lowest BCUT2D eigenvalue weighted by Crippen LogP contribution is -3.14. The molecule has 2 aromatic rings. The number of amides is 1. The SMILES string of the molecule is C=CCOc1ccc(/C([O-])=C2\C(=O)C(=O)N(CC[NH+]3CCOCC3)C2c2ccccc2F)cc1. The lowest BCUT2D eigenvalue weighted by atomic mass is 9.95. The van der Waals surface area contributed by atoms with Crippen LogP contribution in [0.15, 0.2) is 66.8 Å². The minimum absolute atomic E-state index is 0.132. The van der Waals surface area contributed by atoms with Crippen molar-refractivity contribution in [1.82, 2.24) is 4.90 Å². The standard InChI is InChI=1S/C26H27FN2O5/c1-2-15-34-19-9-7-18(8-10-19)24(30)22-23(20-5-3-4-6-21(20)27)29(26(32)25(22)31)12-11-28-13-16-33-17-14-28/h2-10,23,30H,1,11-17H2/b24-22+. The summed E-state index contributed by atoms with van der Waals surface area (Å²) in [6, 6.07) is 11.1. The van der Waals surface area contributed by atoms with Gasteiger partial charge in [-0.25, -0.2) is 4.39 Å². The number of Topliss-reactive ketones (excluding diaryl/α,β-unsaturated/α-hetero) is 1. The molecule has 4 rings (SSSR count). The molecule has 0 aliphatic carbocycles. The van der Waals surface area contributed by atoms with Gasteiger partial charge >= 0.3 is 0 Å². The topological polar surface area (TPSA) is 83.3 Å². The second kappa shape index (κ2) is 10.6. The third-order valence-corrected chi connectivity index (χ3v) is 6.12. The number of halogens is 1. The molecule has 0 saturated carbocycles. The highest BCUT2D eigenvalue weighted by molar-refractivity contribution is 6.46. The van der Waals surface area contributed by atoms with E-state index >= 15 is 0 Å². The zero-order valence-corrected chi connectivity index (χ0v) is 18.8. The van der Waals surface area contributed by atoms with Gasteiger partial charge in [-0.3, -0.25) is 9.59 Å². The maximum Gasteiger partial charge on any atom is 0.295 e. The molecule has 1 amide bonds. The summed E-state index contributed by atoms with van der Waals surface area (Å²) in [6.07, 6.45) is 1.60. The molecule has 0 bridgehead atoms. The fraction of sp³-hybridized carbons (Fsp3) is 0.308. The van der Waals surface area contributed by atoms with E-state index in [1.54, 1.807) is 24.3 Å². The van der Waals surface area contributed by atoms with Crippen molar-refractivity contribution in [3.05, 3.63) is 83.7 Å². The van der Waals surface area contributed by atoms with Crippen LogP contribution >= 0.6 is 0 Å². The average Bonchev–Trinajstić information content (AvgIpc) is 3.11. The zero-order chi connectivity index (χ0) is 24.1. The van der Waals surface area contributed by atoms with Crippen molar-refractivity contribution >= 4 is 17.4 Å². The second-order valence-electron chi connectivity index (χ2n) is 8.23. The molecule has 1 atom stereocenters. The molecule has 1 unspecified atom stereocenters. The molecule has 2 aliphatic heterocycles. The molecular formula is C26H27FN2O5. The Bertz CT molecular complexity index is 1090. The predicted octanol–water partition coefficient (Wildman–Crippen LogP) is 0.530. The summed E-state index contributed by atoms with van der Waals surface area (Å²) in [6.45, 7) is 7.53. The Kier molecular flexibility index (Phi) is 7.40. The molecule has 0 radical (unpaired) electrons. The Labute approximate surface area is 197 Å². The summed E-state index contributed by atoms with van der Waals surface area (Å²) < 4.78 is 25.7. The zero-order valence-electron chi connectivity index (χ0n) is 18.8. The number of likely N-dealkylation sites (tertiary alicyclic amines) is 1. The van der Waals surface area contributed by atoms with E-state index in [0.717, 1.165) is 13.1 Å². The van der Waals surface area contributed by atoms with E-state index < -0.39 is 29.3 Å². The molecular weight excluding hydrogens is 439 g/mol. The van der Waals surface area contributed by atoms with Gasteiger partial charge < -0.3 is 24.4 Å². The Morgan fingerprint density at radius 3 is 2.56 bits per heavy atom. The van der Waals surface area contributed by atoms with Crippen molar-refractivity contribution in [1.29, 1.82) is 0 Å². The molecule has 34 heavy (non-hydrogen) atoms. The number of nitrogens with zero attached hydrogens (tertiary/aromatic N) is 1. The molecule has 2 saturated heterocycles. The van der Waals surface area contributed by atoms with Crippen molar-refractivity contribution < 1.29 is 33.5 Å². The van der Waals surface area contributed by atoms with Crippen molar-refractivity contribution in [2.45, 2.75) is 6.04 Å². The molecule has 0 spiro atoms. The van der Waals surface area contributed by atoms with Crippen LogP contribution in [0.4, 0.5) is 4.39 Å². The van der Waals surface area contributed by atoms with Gasteiger partial charge in [-0.1, -0.05) is 48.7 Å². The van der Waals surface area contributed by atoms with Crippen LogP contribution in [0.3, 0.4) is 0 Å². The van der Waals surface area contributed by atoms with E-state index in [1.807, 2.05) is 0 Å². The van der Waals surface area contributed by atoms with Crippen LogP contribution in [0.2, 0.25) is 0 Å². The van der Waals surface area contributed by atoms with Crippen molar-refractivity contribution in [3.63, 3.8) is 0 Å². The van der Waals surface area contributed by atoms with E-state index in [1.165, 1.54) is 40.1 Å². The molecule has 8 heteroatoms. The lowest BCUT2D eigenvalue weighted by molar-refractivity contribution is -0.907. The van der Waals surface area contributed by atoms with Gasteiger partial charge in [0.25, 0.3) is 5.91 Å². The van der Waals surface area contributed by atoms with Crippen molar-refractivity contribution in [3.8, 4) is 5.75 Å². The molecule has 2 aromatic carbocycles. The highest BCUT2D eigenvalue weighted by atomic mass is 19.1. The van der Waals surface area contributed by atoms with Crippen LogP contribution in [0.25, 0.3) is 5.76 Å². The van der Waals surface area contributed by atoms with Crippen molar-refractivity contribution in [2.75, 3.05) is 46.0 Å². The van der Waals surface area contributed by atoms with Crippen molar-refractivity contribution in [2.24, 2.45) is 0 Å². The van der Waals surface area contributed by atoms with Crippen LogP contribution in [0.5, 0.6) is 5.75 Å². The van der Waals surface area contributed by atoms with E-state index in [2.05, 4.69) is 6.58 Å². The quantitative estimate of drug-likeness (QED) is 0.266. The lowest BCUT2D eigenvalue weighted by Gasteiger charge is -2.30. The van der Waals surface area contributed by atoms with Gasteiger partial charge in [0.15, 0.2) is 0 Å². The van der Waals surface area contributed by atoms with E-state index in [-0.39, 0.29) is 23.2 Å². The maximum absolute atomic E-state index is 14.9. The van der Waals surface area contributed by atoms with E-state index in [4.69, 9.17) is 9.47 Å². The molecule has 178 valence electrons. The minimum atomic E-state index is -1.08. The summed E-state index contributed by atoms with van der Waals surface area (Å²) in [7, 11) is 0. The minimum Gasteiger partial charge on any atom is -0.872 e. The number of hydrogen-bond donors (Lipinski definition) is 1. The Balaban J connectivity index is 1.70. The Morgan fingerprint density at radius 2 is 1.88 bits per heavy atom. The molecule has 2 heterocycles. The summed E-state index contributed by atoms with van der Waals surface area (Å²) in [5.41, 5.74) is 0.129. The fourth-order valence-corrected chi connectivity index (χ4v) is 4.32. The van der Waals surface area contributed by atoms with Crippen LogP contribution in [0, 0.1) is 5.82 Å². The highest BCUT2D eigenvalue weighted by Gasteiger charge is 2.45. The van der Waals surface area contributed by atoms with Gasteiger partial charge in [-0.2, -0.15) is 0 Å². The summed E-state index contributed by atoms with van der Waals surface area (Å²) >= 11 is 0. The van der Waals surface area contributed by atoms with Gasteiger partial charge in [-0.05, 0) is 23.8 Å². The number of ketones is 1. The largest absolute Gasteiger partial charge is 0.872 e. The molecule has 7 nitrogen and oxygen atoms in total. The number of carbonyl (C=O) groups is 2. The Morgan fingerprint density at radius 1 is 1.18 bits per heavy atom. The summed E-state index contributed by atoms with van der Waals surface area (Å²) in [5.74, 6) is -2.30. The normalized spacial score (nSPS) is 20.5. The van der Waals surface area contributed by atoms with Gasteiger partial charge in [0.05, 0.1) is 32.3 Å². The van der Waals surface area contributed by atoms with E-state index in [0.29, 0.717) is 32.1 Å². The molecule has 0 aromatic heterocycles. The number of nitrogens with one attached hydrogen (secondary N) is 1. The van der Waals surface area contributed by atoms with Crippen LogP contribution in [0.1, 0.15) is 17.2 Å². The first-order valence-corrected chi connectivity index (χ1v) is 11.3. The third kappa shape index (κ3) is 4.88. The number of hydrogen-bond acceptors (Lipinski definition) is 5. The number of rotatable bonds is 8. The first kappa shape index (κ1) is 23.7. The number of carbonyl (C=O) groups excluding carboxylic acids is 2. The molecule has 1 N–H and O–H groups in total. The van der Waals surface area contributed by atoms with Gasteiger partial charge in [0.1, 0.15) is 31.3 Å². The Hall–Kier alpha value is -3.49. The summed E-state index contributed by atoms with van der Waals surface area (Å²) in [4.78, 5) is 28.6. The smallest absolute Gasteiger partial charge is 0.295 e. The monoisotopic (exact) mass is 466 g/mol. The average molecular weight is 467 g/mol. The number of benzene rings is 2. The van der Waals surface area contributed by atoms with Gasteiger partial charge in [0.2, 0.25) is 5.78 Å². The number of morpholine rings is 1. The second-order valence-corrected chi connectivity index (χ2v) is 8.23. The van der Waals surface area contributed by atoms with Gasteiger partial charge in [-0.15, -0.1) is 0 Å². The van der Waals surface area contributed by atoms with E-state index in [9.17, 15) is 19.1 Å². The predicted molar refractivity (Wildman–Crippen MR) is 121 cm³/mol. The highest BCUT2D eigenvalue weighted by Crippen LogP contribution is 2.39. The van der Waals surface area contributed by atoms with Crippen LogP contribution < -0.4 is 14.7 Å².